The van der Waals surface area contributed by atoms with Crippen molar-refractivity contribution in [1.82, 2.24) is 15.5 Å². The molecule has 0 bridgehead atoms. The predicted molar refractivity (Wildman–Crippen MR) is 159 cm³/mol. The molecule has 0 fully saturated rings. The lowest BCUT2D eigenvalue weighted by Gasteiger charge is -2.28. The van der Waals surface area contributed by atoms with Crippen molar-refractivity contribution >= 4 is 66.5 Å². The molecule has 41 heavy (non-hydrogen) atoms. The third-order valence-electron chi connectivity index (χ3n) is 5.77. The summed E-state index contributed by atoms with van der Waals surface area (Å²) in [7, 11) is 1.44. The van der Waals surface area contributed by atoms with Crippen LogP contribution in [0.5, 0.6) is 0 Å². The van der Waals surface area contributed by atoms with Gasteiger partial charge in [0.1, 0.15) is 12.1 Å². The van der Waals surface area contributed by atoms with E-state index in [4.69, 9.17) is 11.5 Å². The maximum absolute atomic E-state index is 13.1. The van der Waals surface area contributed by atoms with Gasteiger partial charge in [0.15, 0.2) is 5.96 Å². The average molecular weight is 604 g/mol. The molecule has 2 aromatic carbocycles. The first-order valence-corrected chi connectivity index (χ1v) is 13.3. The highest BCUT2D eigenvalue weighted by Crippen LogP contribution is 2.19. The molecular formula is C26H33N7O6S2. The number of hydrogen-bond donors (Lipinski definition) is 8. The molecule has 0 aliphatic heterocycles. The molecule has 0 radical (unpaired) electrons. The largest absolute Gasteiger partial charge is 0.481 e. The summed E-state index contributed by atoms with van der Waals surface area (Å²) in [4.78, 5) is 68.9. The van der Waals surface area contributed by atoms with Gasteiger partial charge in [-0.05, 0) is 37.1 Å². The van der Waals surface area contributed by atoms with E-state index in [1.807, 2.05) is 0 Å². The molecule has 0 aliphatic rings. The Morgan fingerprint density at radius 2 is 1.61 bits per heavy atom. The topological polar surface area (TPSA) is 209 Å². The number of amides is 4. The Kier molecular flexibility index (Phi) is 13.0. The summed E-state index contributed by atoms with van der Waals surface area (Å²) >= 11 is 8.55. The molecule has 0 saturated carbocycles. The number of carbonyl (C=O) groups excluding carboxylic acids is 4. The Morgan fingerprint density at radius 1 is 0.976 bits per heavy atom. The third kappa shape index (κ3) is 10.7. The number of nitrogens with one attached hydrogen (secondary N) is 3. The van der Waals surface area contributed by atoms with Crippen molar-refractivity contribution in [3.63, 3.8) is 0 Å². The fourth-order valence-corrected chi connectivity index (χ4v) is 4.17. The molecule has 0 unspecified atom stereocenters. The second-order valence-corrected chi connectivity index (χ2v) is 9.80. The molecule has 15 heteroatoms. The fraction of sp³-hybridized carbons (Fsp3) is 0.308. The molecular weight excluding hydrogens is 570 g/mol. The molecule has 0 aliphatic carbocycles. The van der Waals surface area contributed by atoms with Gasteiger partial charge in [0.2, 0.25) is 17.7 Å². The summed E-state index contributed by atoms with van der Waals surface area (Å²) in [5.41, 5.74) is 11.3. The Labute approximate surface area is 247 Å². The van der Waals surface area contributed by atoms with E-state index in [0.717, 1.165) is 0 Å². The summed E-state index contributed by atoms with van der Waals surface area (Å²) in [5, 5.41) is 16.5. The van der Waals surface area contributed by atoms with Gasteiger partial charge in [0, 0.05) is 23.4 Å². The number of carbonyl (C=O) groups is 5. The number of rotatable bonds is 14. The highest BCUT2D eigenvalue weighted by molar-refractivity contribution is 7.80. The monoisotopic (exact) mass is 603 g/mol. The molecule has 13 nitrogen and oxygen atoms in total. The van der Waals surface area contributed by atoms with Gasteiger partial charge in [-0.25, -0.2) is 0 Å². The van der Waals surface area contributed by atoms with E-state index in [9.17, 15) is 29.1 Å². The van der Waals surface area contributed by atoms with Crippen LogP contribution in [0, 0.1) is 0 Å². The van der Waals surface area contributed by atoms with Gasteiger partial charge in [0.05, 0.1) is 24.2 Å². The van der Waals surface area contributed by atoms with E-state index < -0.39 is 54.6 Å². The van der Waals surface area contributed by atoms with Crippen molar-refractivity contribution in [2.45, 2.75) is 41.1 Å². The summed E-state index contributed by atoms with van der Waals surface area (Å²) < 4.78 is 0. The minimum atomic E-state index is -1.43. The Balaban J connectivity index is 2.10. The van der Waals surface area contributed by atoms with E-state index in [1.54, 1.807) is 48.5 Å². The fourth-order valence-electron chi connectivity index (χ4n) is 3.69. The van der Waals surface area contributed by atoms with Gasteiger partial charge in [-0.15, -0.1) is 25.3 Å². The van der Waals surface area contributed by atoms with Crippen LogP contribution in [0.1, 0.15) is 29.6 Å². The van der Waals surface area contributed by atoms with E-state index in [1.165, 1.54) is 11.9 Å². The van der Waals surface area contributed by atoms with E-state index in [2.05, 4.69) is 46.2 Å². The summed E-state index contributed by atoms with van der Waals surface area (Å²) in [5.74, 6) is -4.15. The van der Waals surface area contributed by atoms with Gasteiger partial charge >= 0.3 is 5.97 Å². The van der Waals surface area contributed by atoms with Crippen molar-refractivity contribution in [3.05, 3.63) is 54.1 Å². The zero-order valence-corrected chi connectivity index (χ0v) is 24.0. The first kappa shape index (κ1) is 33.0. The highest BCUT2D eigenvalue weighted by Gasteiger charge is 2.29. The lowest BCUT2D eigenvalue weighted by Crippen LogP contribution is -2.52. The molecule has 0 spiro atoms. The third-order valence-corrected chi connectivity index (χ3v) is 6.55. The first-order chi connectivity index (χ1) is 19.4. The van der Waals surface area contributed by atoms with Gasteiger partial charge in [-0.3, -0.25) is 29.0 Å². The number of para-hydroxylation sites is 1. The molecule has 0 saturated heterocycles. The van der Waals surface area contributed by atoms with Crippen LogP contribution in [0.3, 0.4) is 0 Å². The number of benzene rings is 2. The van der Waals surface area contributed by atoms with E-state index in [-0.39, 0.29) is 24.5 Å². The number of guanidine groups is 1. The number of aliphatic carboxylic acids is 1. The number of anilines is 1. The van der Waals surface area contributed by atoms with Crippen molar-refractivity contribution < 1.29 is 29.1 Å². The van der Waals surface area contributed by atoms with Crippen molar-refractivity contribution in [2.24, 2.45) is 16.5 Å². The Morgan fingerprint density at radius 3 is 2.22 bits per heavy atom. The summed E-state index contributed by atoms with van der Waals surface area (Å²) in [6, 6.07) is 10.7. The van der Waals surface area contributed by atoms with Crippen LogP contribution in [-0.4, -0.2) is 77.8 Å². The lowest BCUT2D eigenvalue weighted by molar-refractivity contribution is -0.140. The molecule has 8 N–H and O–H groups in total. The van der Waals surface area contributed by atoms with Crippen LogP contribution in [0.15, 0.2) is 63.3 Å². The van der Waals surface area contributed by atoms with Crippen molar-refractivity contribution in [3.8, 4) is 0 Å². The summed E-state index contributed by atoms with van der Waals surface area (Å²) in [6.07, 6.45) is -0.196. The quantitative estimate of drug-likeness (QED) is 0.0657. The standard InChI is InChI=1S/C26H33N7O6S2/c1-33(25(39)15-7-2-4-10-19(15)40)18(9-6-12-29-26(27)28)24(38)30-14-21(34)31-17(13-22(35)36)23(37)32-16-8-3-5-11-20(16)41/h2-5,7-8,10-11,17-18,40-41H,6,9,12-14H2,1H3,(H,30,38)(H,31,34)(H,32,37)(H,35,36)(H4,27,28,29)/t17-,18-/m0/s1. The average Bonchev–Trinajstić information content (AvgIpc) is 2.91. The molecule has 2 rings (SSSR count). The number of aliphatic imine (C=N–C) groups is 1. The number of thiol groups is 2. The number of hydrogen-bond acceptors (Lipinski definition) is 8. The van der Waals surface area contributed by atoms with Gasteiger partial charge in [-0.2, -0.15) is 0 Å². The van der Waals surface area contributed by atoms with E-state index >= 15 is 0 Å². The number of carboxylic acid groups (broad SMARTS) is 1. The van der Waals surface area contributed by atoms with Crippen LogP contribution >= 0.6 is 25.3 Å². The Hall–Kier alpha value is -4.24. The number of nitrogens with two attached hydrogens (primary N) is 2. The van der Waals surface area contributed by atoms with Crippen LogP contribution < -0.4 is 27.4 Å². The van der Waals surface area contributed by atoms with Gasteiger partial charge in [0.25, 0.3) is 5.91 Å². The molecule has 220 valence electrons. The van der Waals surface area contributed by atoms with Crippen LogP contribution in [0.25, 0.3) is 0 Å². The second-order valence-electron chi connectivity index (χ2n) is 8.84. The predicted octanol–water partition coefficient (Wildman–Crippen LogP) is 0.473. The van der Waals surface area contributed by atoms with Crippen LogP contribution in [0.2, 0.25) is 0 Å². The zero-order chi connectivity index (χ0) is 30.5. The number of nitrogens with zero attached hydrogens (tertiary/aromatic N) is 2. The second kappa shape index (κ2) is 16.1. The minimum absolute atomic E-state index is 0.117. The zero-order valence-electron chi connectivity index (χ0n) is 22.2. The smallest absolute Gasteiger partial charge is 0.305 e. The van der Waals surface area contributed by atoms with E-state index in [0.29, 0.717) is 21.9 Å². The molecule has 4 amide bonds. The molecule has 0 heterocycles. The SMILES string of the molecule is CN(C(=O)c1ccccc1S)[C@@H](CCCN=C(N)N)C(=O)NCC(=O)N[C@@H](CC(=O)O)C(=O)Nc1ccccc1S. The van der Waals surface area contributed by atoms with Gasteiger partial charge < -0.3 is 37.4 Å². The molecule has 2 atom stereocenters. The van der Waals surface area contributed by atoms with Crippen molar-refractivity contribution in [1.29, 1.82) is 0 Å². The maximum Gasteiger partial charge on any atom is 0.305 e. The normalized spacial score (nSPS) is 11.9. The van der Waals surface area contributed by atoms with Crippen molar-refractivity contribution in [2.75, 3.05) is 25.5 Å². The number of carboxylic acids is 1. The molecule has 0 aromatic heterocycles. The highest BCUT2D eigenvalue weighted by atomic mass is 32.1. The van der Waals surface area contributed by atoms with Gasteiger partial charge in [-0.1, -0.05) is 24.3 Å². The summed E-state index contributed by atoms with van der Waals surface area (Å²) in [6.45, 7) is -0.375. The van der Waals surface area contributed by atoms with Crippen LogP contribution in [0.4, 0.5) is 5.69 Å². The molecule has 2 aromatic rings. The first-order valence-electron chi connectivity index (χ1n) is 12.4. The van der Waals surface area contributed by atoms with Crippen LogP contribution in [-0.2, 0) is 19.2 Å². The Bertz CT molecular complexity index is 1300. The number of likely N-dealkylation sites (N-methyl/N-ethyl adjacent to an activating group) is 1. The minimum Gasteiger partial charge on any atom is -0.481 e. The maximum atomic E-state index is 13.1. The lowest BCUT2D eigenvalue weighted by atomic mass is 10.1.